The lowest BCUT2D eigenvalue weighted by Gasteiger charge is -2.09. The molecule has 0 atom stereocenters. The highest BCUT2D eigenvalue weighted by Crippen LogP contribution is 2.25. The van der Waals surface area contributed by atoms with Gasteiger partial charge in [0.15, 0.2) is 0 Å². The zero-order valence-corrected chi connectivity index (χ0v) is 15.8. The molecule has 2 rings (SSSR count). The van der Waals surface area contributed by atoms with Crippen LogP contribution < -0.4 is 4.72 Å². The van der Waals surface area contributed by atoms with Gasteiger partial charge in [-0.3, -0.25) is 0 Å². The van der Waals surface area contributed by atoms with E-state index in [1.165, 1.54) is 7.11 Å². The van der Waals surface area contributed by atoms with Crippen LogP contribution in [0.5, 0.6) is 0 Å². The summed E-state index contributed by atoms with van der Waals surface area (Å²) in [5, 5.41) is 0.771. The van der Waals surface area contributed by atoms with E-state index in [-0.39, 0.29) is 18.7 Å². The van der Waals surface area contributed by atoms with Gasteiger partial charge in [-0.05, 0) is 35.7 Å². The van der Waals surface area contributed by atoms with Crippen LogP contribution >= 0.6 is 23.2 Å². The first kappa shape index (κ1) is 19.7. The van der Waals surface area contributed by atoms with E-state index < -0.39 is 16.0 Å². The minimum absolute atomic E-state index is 0.104. The first-order chi connectivity index (χ1) is 11.8. The Kier molecular flexibility index (Phi) is 6.84. The molecule has 0 heterocycles. The second-order valence-electron chi connectivity index (χ2n) is 5.29. The smallest absolute Gasteiger partial charge is 0.337 e. The molecule has 0 amide bonds. The van der Waals surface area contributed by atoms with Gasteiger partial charge in [0.1, 0.15) is 0 Å². The summed E-state index contributed by atoms with van der Waals surface area (Å²) >= 11 is 12.0. The van der Waals surface area contributed by atoms with Crippen molar-refractivity contribution >= 4 is 39.2 Å². The van der Waals surface area contributed by atoms with Crippen molar-refractivity contribution in [1.82, 2.24) is 4.72 Å². The first-order valence-corrected chi connectivity index (χ1v) is 9.80. The maximum Gasteiger partial charge on any atom is 0.337 e. The Morgan fingerprint density at radius 1 is 1.12 bits per heavy atom. The summed E-state index contributed by atoms with van der Waals surface area (Å²) in [5.41, 5.74) is 1.82. The van der Waals surface area contributed by atoms with Gasteiger partial charge in [0.2, 0.25) is 10.0 Å². The van der Waals surface area contributed by atoms with Crippen LogP contribution in [-0.2, 0) is 27.7 Å². The fraction of sp³-hybridized carbons (Fsp3) is 0.235. The van der Waals surface area contributed by atoms with Crippen molar-refractivity contribution < 1.29 is 17.9 Å². The molecule has 0 fully saturated rings. The van der Waals surface area contributed by atoms with Crippen LogP contribution in [0.2, 0.25) is 10.0 Å². The van der Waals surface area contributed by atoms with Gasteiger partial charge in [0, 0.05) is 6.54 Å². The molecule has 0 aliphatic carbocycles. The zero-order valence-electron chi connectivity index (χ0n) is 13.5. The number of hydrogen-bond donors (Lipinski definition) is 1. The molecule has 0 aromatic heterocycles. The van der Waals surface area contributed by atoms with Gasteiger partial charge >= 0.3 is 5.97 Å². The van der Waals surface area contributed by atoms with Gasteiger partial charge in [-0.25, -0.2) is 17.9 Å². The molecule has 0 aliphatic heterocycles. The summed E-state index contributed by atoms with van der Waals surface area (Å²) in [6.07, 6.45) is 0.260. The highest BCUT2D eigenvalue weighted by atomic mass is 35.5. The molecular formula is C17H17Cl2NO4S. The summed E-state index contributed by atoms with van der Waals surface area (Å²) in [6.45, 7) is 0.132. The number of carbonyl (C=O) groups excluding carboxylic acids is 1. The summed E-state index contributed by atoms with van der Waals surface area (Å²) in [7, 11) is -2.18. The number of methoxy groups -OCH3 is 1. The Morgan fingerprint density at radius 3 is 2.44 bits per heavy atom. The number of sulfonamides is 1. The third-order valence-electron chi connectivity index (χ3n) is 3.54. The van der Waals surface area contributed by atoms with Gasteiger partial charge < -0.3 is 4.74 Å². The Hall–Kier alpha value is -1.60. The standard InChI is InChI=1S/C17H17Cl2NO4S/c1-24-17(21)14-7-5-12(6-8-14)11-20-25(22,23)10-9-13-3-2-4-15(18)16(13)19/h2-8,20H,9-11H2,1H3. The van der Waals surface area contributed by atoms with Crippen LogP contribution in [0.1, 0.15) is 21.5 Å². The maximum atomic E-state index is 12.1. The second kappa shape index (κ2) is 8.67. The van der Waals surface area contributed by atoms with Gasteiger partial charge in [-0.2, -0.15) is 0 Å². The van der Waals surface area contributed by atoms with Gasteiger partial charge in [-0.15, -0.1) is 0 Å². The van der Waals surface area contributed by atoms with E-state index in [0.717, 1.165) is 5.56 Å². The van der Waals surface area contributed by atoms with Crippen molar-refractivity contribution in [2.24, 2.45) is 0 Å². The molecule has 2 aromatic carbocycles. The average molecular weight is 402 g/mol. The van der Waals surface area contributed by atoms with E-state index in [1.54, 1.807) is 42.5 Å². The third kappa shape index (κ3) is 5.71. The van der Waals surface area contributed by atoms with Gasteiger partial charge in [-0.1, -0.05) is 47.5 Å². The first-order valence-electron chi connectivity index (χ1n) is 7.40. The Balaban J connectivity index is 1.93. The lowest BCUT2D eigenvalue weighted by atomic mass is 10.1. The molecule has 5 nitrogen and oxygen atoms in total. The topological polar surface area (TPSA) is 72.5 Å². The SMILES string of the molecule is COC(=O)c1ccc(CNS(=O)(=O)CCc2cccc(Cl)c2Cl)cc1. The monoisotopic (exact) mass is 401 g/mol. The number of esters is 1. The summed E-state index contributed by atoms with van der Waals surface area (Å²) in [4.78, 5) is 11.4. The summed E-state index contributed by atoms with van der Waals surface area (Å²) in [5.74, 6) is -0.543. The number of hydrogen-bond acceptors (Lipinski definition) is 4. The van der Waals surface area contributed by atoms with Crippen LogP contribution in [0.15, 0.2) is 42.5 Å². The molecule has 0 aliphatic rings. The van der Waals surface area contributed by atoms with Crippen molar-refractivity contribution in [2.75, 3.05) is 12.9 Å². The predicted octanol–water partition coefficient (Wildman–Crippen LogP) is 3.44. The highest BCUT2D eigenvalue weighted by Gasteiger charge is 2.13. The highest BCUT2D eigenvalue weighted by molar-refractivity contribution is 7.89. The third-order valence-corrected chi connectivity index (χ3v) is 5.73. The predicted molar refractivity (Wildman–Crippen MR) is 98.6 cm³/mol. The van der Waals surface area contributed by atoms with E-state index in [4.69, 9.17) is 23.2 Å². The lowest BCUT2D eigenvalue weighted by molar-refractivity contribution is 0.0600. The normalized spacial score (nSPS) is 11.3. The number of carbonyl (C=O) groups is 1. The van der Waals surface area contributed by atoms with Crippen molar-refractivity contribution in [3.63, 3.8) is 0 Å². The Bertz CT molecular complexity index is 851. The van der Waals surface area contributed by atoms with Crippen molar-refractivity contribution in [3.8, 4) is 0 Å². The number of rotatable bonds is 7. The zero-order chi connectivity index (χ0) is 18.4. The largest absolute Gasteiger partial charge is 0.465 e. The quantitative estimate of drug-likeness (QED) is 0.721. The Labute approximate surface area is 157 Å². The molecule has 2 aromatic rings. The van der Waals surface area contributed by atoms with Crippen molar-refractivity contribution in [3.05, 3.63) is 69.2 Å². The fourth-order valence-electron chi connectivity index (χ4n) is 2.13. The number of aryl methyl sites for hydroxylation is 1. The van der Waals surface area contributed by atoms with E-state index in [9.17, 15) is 13.2 Å². The molecule has 0 unspecified atom stereocenters. The second-order valence-corrected chi connectivity index (χ2v) is 8.00. The molecule has 0 spiro atoms. The minimum Gasteiger partial charge on any atom is -0.465 e. The molecule has 25 heavy (non-hydrogen) atoms. The molecule has 134 valence electrons. The summed E-state index contributed by atoms with van der Waals surface area (Å²) < 4.78 is 31.4. The van der Waals surface area contributed by atoms with E-state index in [1.807, 2.05) is 0 Å². The van der Waals surface area contributed by atoms with Crippen molar-refractivity contribution in [2.45, 2.75) is 13.0 Å². The van der Waals surface area contributed by atoms with Crippen LogP contribution in [0.3, 0.4) is 0 Å². The summed E-state index contributed by atoms with van der Waals surface area (Å²) in [6, 6.07) is 11.6. The molecule has 1 N–H and O–H groups in total. The van der Waals surface area contributed by atoms with Crippen molar-refractivity contribution in [1.29, 1.82) is 0 Å². The van der Waals surface area contributed by atoms with E-state index >= 15 is 0 Å². The van der Waals surface area contributed by atoms with E-state index in [2.05, 4.69) is 9.46 Å². The molecule has 0 radical (unpaired) electrons. The lowest BCUT2D eigenvalue weighted by Crippen LogP contribution is -2.27. The minimum atomic E-state index is -3.48. The van der Waals surface area contributed by atoms with Crippen LogP contribution in [0.4, 0.5) is 0 Å². The average Bonchev–Trinajstić information content (AvgIpc) is 2.61. The Morgan fingerprint density at radius 2 is 1.80 bits per heavy atom. The van der Waals surface area contributed by atoms with Crippen LogP contribution in [-0.4, -0.2) is 27.2 Å². The maximum absolute atomic E-state index is 12.1. The van der Waals surface area contributed by atoms with E-state index in [0.29, 0.717) is 21.2 Å². The van der Waals surface area contributed by atoms with Gasteiger partial charge in [0.25, 0.3) is 0 Å². The molecule has 0 saturated carbocycles. The molecule has 0 saturated heterocycles. The number of halogens is 2. The fourth-order valence-corrected chi connectivity index (χ4v) is 3.56. The molecular weight excluding hydrogens is 385 g/mol. The number of benzene rings is 2. The molecule has 8 heteroatoms. The van der Waals surface area contributed by atoms with Crippen LogP contribution in [0, 0.1) is 0 Å². The van der Waals surface area contributed by atoms with Gasteiger partial charge in [0.05, 0.1) is 28.5 Å². The van der Waals surface area contributed by atoms with Crippen LogP contribution in [0.25, 0.3) is 0 Å². The number of nitrogens with one attached hydrogen (secondary N) is 1. The molecule has 0 bridgehead atoms. The number of ether oxygens (including phenoxy) is 1.